The van der Waals surface area contributed by atoms with Crippen molar-refractivity contribution in [1.82, 2.24) is 14.7 Å². The van der Waals surface area contributed by atoms with Crippen molar-refractivity contribution < 1.29 is 14.3 Å². The lowest BCUT2D eigenvalue weighted by molar-refractivity contribution is -0.149. The van der Waals surface area contributed by atoms with Crippen LogP contribution in [0.3, 0.4) is 0 Å². The first-order chi connectivity index (χ1) is 14.7. The fraction of sp³-hybridized carbons (Fsp3) is 0.542. The fourth-order valence-electron chi connectivity index (χ4n) is 4.18. The summed E-state index contributed by atoms with van der Waals surface area (Å²) < 4.78 is 7.06. The topological polar surface area (TPSA) is 64.4 Å². The van der Waals surface area contributed by atoms with Crippen LogP contribution in [0.2, 0.25) is 5.02 Å². The van der Waals surface area contributed by atoms with Crippen LogP contribution in [-0.4, -0.2) is 46.3 Å². The number of aromatic nitrogens is 2. The molecule has 1 amide bonds. The number of carbonyl (C=O) groups is 2. The van der Waals surface area contributed by atoms with Gasteiger partial charge in [-0.3, -0.25) is 9.59 Å². The minimum absolute atomic E-state index is 0.0605. The summed E-state index contributed by atoms with van der Waals surface area (Å²) in [6.45, 7) is 11.4. The van der Waals surface area contributed by atoms with Crippen molar-refractivity contribution in [2.75, 3.05) is 19.7 Å². The number of ether oxygens (including phenoxy) is 1. The maximum absolute atomic E-state index is 13.8. The van der Waals surface area contributed by atoms with E-state index in [0.717, 1.165) is 29.9 Å². The van der Waals surface area contributed by atoms with Crippen molar-refractivity contribution in [3.63, 3.8) is 0 Å². The highest BCUT2D eigenvalue weighted by Gasteiger charge is 2.34. The second kappa shape index (κ2) is 9.86. The summed E-state index contributed by atoms with van der Waals surface area (Å²) in [5, 5.41) is 5.48. The predicted octanol–water partition coefficient (Wildman–Crippen LogP) is 5.19. The minimum Gasteiger partial charge on any atom is -0.466 e. The van der Waals surface area contributed by atoms with Gasteiger partial charge < -0.3 is 9.64 Å². The van der Waals surface area contributed by atoms with Gasteiger partial charge in [0.05, 0.1) is 35.2 Å². The molecular formula is C24H32ClN3O3. The molecule has 7 heteroatoms. The van der Waals surface area contributed by atoms with Crippen LogP contribution in [0, 0.1) is 5.92 Å². The Balaban J connectivity index is 2.05. The van der Waals surface area contributed by atoms with Crippen molar-refractivity contribution in [1.29, 1.82) is 0 Å². The average molecular weight is 446 g/mol. The molecule has 6 nitrogen and oxygen atoms in total. The average Bonchev–Trinajstić information content (AvgIpc) is 3.15. The van der Waals surface area contributed by atoms with Gasteiger partial charge in [0.2, 0.25) is 0 Å². The molecule has 0 unspecified atom stereocenters. The quantitative estimate of drug-likeness (QED) is 0.574. The van der Waals surface area contributed by atoms with Crippen LogP contribution >= 0.6 is 11.6 Å². The van der Waals surface area contributed by atoms with E-state index in [4.69, 9.17) is 21.4 Å². The minimum atomic E-state index is -0.273. The Morgan fingerprint density at radius 1 is 1.23 bits per heavy atom. The Kier molecular flexibility index (Phi) is 7.42. The molecule has 3 rings (SSSR count). The molecule has 168 valence electrons. The van der Waals surface area contributed by atoms with E-state index in [0.29, 0.717) is 30.3 Å². The summed E-state index contributed by atoms with van der Waals surface area (Å²) in [6, 6.07) is 7.51. The number of carbonyl (C=O) groups excluding carboxylic acids is 2. The van der Waals surface area contributed by atoms with Crippen molar-refractivity contribution in [2.24, 2.45) is 5.92 Å². The molecule has 1 atom stereocenters. The third kappa shape index (κ3) is 4.95. The fourth-order valence-corrected chi connectivity index (χ4v) is 4.37. The maximum Gasteiger partial charge on any atom is 0.310 e. The van der Waals surface area contributed by atoms with Crippen LogP contribution in [0.1, 0.15) is 81.0 Å². The number of likely N-dealkylation sites (tertiary alicyclic amines) is 1. The van der Waals surface area contributed by atoms with Gasteiger partial charge in [-0.1, -0.05) is 45.4 Å². The van der Waals surface area contributed by atoms with Crippen LogP contribution in [0.25, 0.3) is 5.69 Å². The number of piperidine rings is 1. The van der Waals surface area contributed by atoms with Crippen molar-refractivity contribution >= 4 is 23.5 Å². The van der Waals surface area contributed by atoms with E-state index in [9.17, 15) is 9.59 Å². The highest BCUT2D eigenvalue weighted by molar-refractivity contribution is 6.30. The molecule has 0 spiro atoms. The molecule has 0 N–H and O–H groups in total. The Morgan fingerprint density at radius 2 is 1.97 bits per heavy atom. The third-order valence-electron chi connectivity index (χ3n) is 5.64. The Morgan fingerprint density at radius 3 is 2.58 bits per heavy atom. The first kappa shape index (κ1) is 23.3. The summed E-state index contributed by atoms with van der Waals surface area (Å²) in [7, 11) is 0. The van der Waals surface area contributed by atoms with E-state index >= 15 is 0 Å². The van der Waals surface area contributed by atoms with Crippen molar-refractivity contribution in [2.45, 2.75) is 59.3 Å². The third-order valence-corrected chi connectivity index (χ3v) is 5.87. The summed E-state index contributed by atoms with van der Waals surface area (Å²) >= 11 is 6.23. The normalized spacial score (nSPS) is 16.8. The molecule has 1 aliphatic heterocycles. The Bertz CT molecular complexity index is 952. The van der Waals surface area contributed by atoms with Gasteiger partial charge in [0.1, 0.15) is 0 Å². The molecule has 0 saturated carbocycles. The van der Waals surface area contributed by atoms with E-state index in [-0.39, 0.29) is 29.6 Å². The SMILES string of the molecule is CCOC(=O)[C@H]1CCCN(C(=O)c2c(C(C)C)nn(-c3cccc(Cl)c3)c2C(C)C)C1. The number of hydrogen-bond donors (Lipinski definition) is 0. The number of benzene rings is 1. The molecule has 31 heavy (non-hydrogen) atoms. The van der Waals surface area contributed by atoms with E-state index < -0.39 is 0 Å². The first-order valence-corrected chi connectivity index (χ1v) is 11.5. The monoisotopic (exact) mass is 445 g/mol. The standard InChI is InChI=1S/C24H32ClN3O3/c1-6-31-24(30)17-9-8-12-27(14-17)23(29)20-21(15(2)3)26-28(22(20)16(4)5)19-11-7-10-18(25)13-19/h7,10-11,13,15-17H,6,8-9,12,14H2,1-5H3/t17-/m0/s1. The van der Waals surface area contributed by atoms with Crippen molar-refractivity contribution in [3.05, 3.63) is 46.2 Å². The first-order valence-electron chi connectivity index (χ1n) is 11.1. The molecule has 0 bridgehead atoms. The van der Waals surface area contributed by atoms with Crippen LogP contribution in [-0.2, 0) is 9.53 Å². The molecule has 2 heterocycles. The molecule has 1 saturated heterocycles. The van der Waals surface area contributed by atoms with Gasteiger partial charge in [0.15, 0.2) is 0 Å². The van der Waals surface area contributed by atoms with Crippen LogP contribution in [0.15, 0.2) is 24.3 Å². The lowest BCUT2D eigenvalue weighted by Gasteiger charge is -2.32. The van der Waals surface area contributed by atoms with E-state index in [2.05, 4.69) is 13.8 Å². The predicted molar refractivity (Wildman–Crippen MR) is 122 cm³/mol. The zero-order valence-corrected chi connectivity index (χ0v) is 19.8. The molecule has 1 aliphatic rings. The zero-order chi connectivity index (χ0) is 22.7. The second-order valence-corrected chi connectivity index (χ2v) is 9.13. The smallest absolute Gasteiger partial charge is 0.310 e. The molecule has 1 aromatic carbocycles. The number of nitrogens with zero attached hydrogens (tertiary/aromatic N) is 3. The summed E-state index contributed by atoms with van der Waals surface area (Å²) in [5.41, 5.74) is 3.12. The lowest BCUT2D eigenvalue weighted by atomic mass is 9.94. The van der Waals surface area contributed by atoms with Gasteiger partial charge in [0, 0.05) is 18.1 Å². The second-order valence-electron chi connectivity index (χ2n) is 8.69. The number of esters is 1. The van der Waals surface area contributed by atoms with Gasteiger partial charge >= 0.3 is 5.97 Å². The van der Waals surface area contributed by atoms with Gasteiger partial charge in [-0.25, -0.2) is 4.68 Å². The Labute approximate surface area is 189 Å². The van der Waals surface area contributed by atoms with Crippen LogP contribution < -0.4 is 0 Å². The van der Waals surface area contributed by atoms with Crippen molar-refractivity contribution in [3.8, 4) is 5.69 Å². The largest absolute Gasteiger partial charge is 0.466 e. The van der Waals surface area contributed by atoms with Crippen LogP contribution in [0.4, 0.5) is 0 Å². The van der Waals surface area contributed by atoms with Crippen LogP contribution in [0.5, 0.6) is 0 Å². The molecule has 0 aliphatic carbocycles. The number of halogens is 1. The number of hydrogen-bond acceptors (Lipinski definition) is 4. The molecule has 2 aromatic rings. The zero-order valence-electron chi connectivity index (χ0n) is 19.0. The van der Waals surface area contributed by atoms with Gasteiger partial charge in [-0.15, -0.1) is 0 Å². The molecule has 0 radical (unpaired) electrons. The number of rotatable bonds is 6. The summed E-state index contributed by atoms with van der Waals surface area (Å²) in [6.07, 6.45) is 1.53. The molecular weight excluding hydrogens is 414 g/mol. The maximum atomic E-state index is 13.8. The summed E-state index contributed by atoms with van der Waals surface area (Å²) in [4.78, 5) is 27.9. The van der Waals surface area contributed by atoms with Gasteiger partial charge in [0.25, 0.3) is 5.91 Å². The van der Waals surface area contributed by atoms with Gasteiger partial charge in [-0.2, -0.15) is 5.10 Å². The van der Waals surface area contributed by atoms with E-state index in [1.165, 1.54) is 0 Å². The van der Waals surface area contributed by atoms with E-state index in [1.54, 1.807) is 11.8 Å². The molecule has 1 aromatic heterocycles. The summed E-state index contributed by atoms with van der Waals surface area (Å²) in [5.74, 6) is -0.408. The van der Waals surface area contributed by atoms with Gasteiger partial charge in [-0.05, 0) is 49.8 Å². The van der Waals surface area contributed by atoms with E-state index in [1.807, 2.05) is 42.8 Å². The molecule has 1 fully saturated rings. The number of amides is 1. The highest BCUT2D eigenvalue weighted by atomic mass is 35.5. The Hall–Kier alpha value is -2.34. The lowest BCUT2D eigenvalue weighted by Crippen LogP contribution is -2.43. The highest BCUT2D eigenvalue weighted by Crippen LogP contribution is 2.32.